The number of aromatic nitrogens is 1. The van der Waals surface area contributed by atoms with Crippen LogP contribution in [0.2, 0.25) is 0 Å². The lowest BCUT2D eigenvalue weighted by Gasteiger charge is -2.33. The molecule has 1 aromatic heterocycles. The van der Waals surface area contributed by atoms with E-state index in [1.807, 2.05) is 0 Å². The zero-order chi connectivity index (χ0) is 17.3. The van der Waals surface area contributed by atoms with Gasteiger partial charge in [0.05, 0.1) is 11.4 Å². The van der Waals surface area contributed by atoms with Gasteiger partial charge >= 0.3 is 11.9 Å². The third-order valence-corrected chi connectivity index (χ3v) is 4.36. The van der Waals surface area contributed by atoms with Crippen LogP contribution in [0.4, 0.5) is 13.2 Å². The van der Waals surface area contributed by atoms with Crippen LogP contribution in [0.5, 0.6) is 0 Å². The first-order valence-electron chi connectivity index (χ1n) is 7.79. The van der Waals surface area contributed by atoms with E-state index in [1.165, 1.54) is 9.47 Å². The molecular formula is C16H17F3N2O3. The van der Waals surface area contributed by atoms with E-state index in [9.17, 15) is 22.8 Å². The van der Waals surface area contributed by atoms with Gasteiger partial charge in [0.2, 0.25) is 5.91 Å². The van der Waals surface area contributed by atoms with Gasteiger partial charge in [-0.05, 0) is 25.0 Å². The number of aryl methyl sites for hydroxylation is 1. The molecule has 2 aromatic rings. The van der Waals surface area contributed by atoms with Crippen molar-refractivity contribution in [2.75, 3.05) is 13.1 Å². The number of hydrogen-bond donors (Lipinski definition) is 0. The molecule has 0 bridgehead atoms. The van der Waals surface area contributed by atoms with E-state index in [0.29, 0.717) is 24.1 Å². The van der Waals surface area contributed by atoms with Gasteiger partial charge in [0.1, 0.15) is 0 Å². The molecule has 8 heteroatoms. The monoisotopic (exact) mass is 342 g/mol. The van der Waals surface area contributed by atoms with Crippen LogP contribution >= 0.6 is 0 Å². The number of carbonyl (C=O) groups is 1. The summed E-state index contributed by atoms with van der Waals surface area (Å²) in [5.74, 6) is -2.41. The fraction of sp³-hybridized carbons (Fsp3) is 0.500. The largest absolute Gasteiger partial charge is 0.419 e. The van der Waals surface area contributed by atoms with Gasteiger partial charge in [-0.1, -0.05) is 12.1 Å². The first kappa shape index (κ1) is 16.6. The van der Waals surface area contributed by atoms with Crippen molar-refractivity contribution in [1.82, 2.24) is 9.47 Å². The summed E-state index contributed by atoms with van der Waals surface area (Å²) in [7, 11) is 0. The second kappa shape index (κ2) is 6.33. The summed E-state index contributed by atoms with van der Waals surface area (Å²) in [5.41, 5.74) is 0.993. The number of nitrogens with zero attached hydrogens (tertiary/aromatic N) is 2. The quantitative estimate of drug-likeness (QED) is 0.862. The molecule has 1 atom stereocenters. The van der Waals surface area contributed by atoms with Crippen molar-refractivity contribution >= 4 is 17.0 Å². The van der Waals surface area contributed by atoms with Crippen LogP contribution in [0.1, 0.15) is 19.3 Å². The molecule has 1 aliphatic rings. The van der Waals surface area contributed by atoms with Crippen molar-refractivity contribution in [3.63, 3.8) is 0 Å². The van der Waals surface area contributed by atoms with Crippen LogP contribution in [0, 0.1) is 5.92 Å². The van der Waals surface area contributed by atoms with Gasteiger partial charge in [0.15, 0.2) is 5.58 Å². The molecule has 5 nitrogen and oxygen atoms in total. The zero-order valence-electron chi connectivity index (χ0n) is 12.9. The van der Waals surface area contributed by atoms with Crippen LogP contribution in [0.25, 0.3) is 11.1 Å². The van der Waals surface area contributed by atoms with Crippen molar-refractivity contribution in [2.45, 2.75) is 32.0 Å². The van der Waals surface area contributed by atoms with E-state index in [2.05, 4.69) is 0 Å². The van der Waals surface area contributed by atoms with Gasteiger partial charge in [-0.25, -0.2) is 4.79 Å². The maximum absolute atomic E-state index is 12.8. The summed E-state index contributed by atoms with van der Waals surface area (Å²) in [5, 5.41) is 0. The molecule has 130 valence electrons. The minimum atomic E-state index is -4.28. The lowest BCUT2D eigenvalue weighted by molar-refractivity contribution is -0.188. The molecule has 0 aliphatic carbocycles. The molecule has 1 amide bonds. The molecule has 1 aromatic carbocycles. The number of rotatable bonds is 3. The van der Waals surface area contributed by atoms with Crippen molar-refractivity contribution in [1.29, 1.82) is 0 Å². The Balaban J connectivity index is 1.67. The SMILES string of the molecule is O=C(CCn1c(=O)oc2ccccc21)N1CCCC(C(F)(F)F)C1. The highest BCUT2D eigenvalue weighted by molar-refractivity contribution is 5.77. The van der Waals surface area contributed by atoms with Crippen molar-refractivity contribution in [3.8, 4) is 0 Å². The number of piperidine rings is 1. The van der Waals surface area contributed by atoms with Gasteiger partial charge in [-0.15, -0.1) is 0 Å². The first-order chi connectivity index (χ1) is 11.4. The fourth-order valence-electron chi connectivity index (χ4n) is 3.06. The van der Waals surface area contributed by atoms with Crippen LogP contribution in [0.3, 0.4) is 0 Å². The molecular weight excluding hydrogens is 325 g/mol. The first-order valence-corrected chi connectivity index (χ1v) is 7.79. The minimum Gasteiger partial charge on any atom is -0.408 e. The third kappa shape index (κ3) is 3.32. The smallest absolute Gasteiger partial charge is 0.408 e. The Morgan fingerprint density at radius 1 is 1.29 bits per heavy atom. The Kier molecular flexibility index (Phi) is 4.38. The molecule has 1 unspecified atom stereocenters. The molecule has 1 fully saturated rings. The van der Waals surface area contributed by atoms with Crippen LogP contribution in [-0.2, 0) is 11.3 Å². The minimum absolute atomic E-state index is 0.0337. The fourth-order valence-corrected chi connectivity index (χ4v) is 3.06. The highest BCUT2D eigenvalue weighted by atomic mass is 19.4. The number of alkyl halides is 3. The number of halogens is 3. The van der Waals surface area contributed by atoms with Crippen LogP contribution in [-0.4, -0.2) is 34.6 Å². The summed E-state index contributed by atoms with van der Waals surface area (Å²) in [4.78, 5) is 25.3. The lowest BCUT2D eigenvalue weighted by atomic mass is 9.97. The molecule has 0 saturated carbocycles. The van der Waals surface area contributed by atoms with Gasteiger partial charge in [-0.3, -0.25) is 9.36 Å². The maximum Gasteiger partial charge on any atom is 0.419 e. The highest BCUT2D eigenvalue weighted by Crippen LogP contribution is 2.33. The molecule has 0 spiro atoms. The Morgan fingerprint density at radius 2 is 2.04 bits per heavy atom. The lowest BCUT2D eigenvalue weighted by Crippen LogP contribution is -2.44. The second-order valence-corrected chi connectivity index (χ2v) is 5.96. The van der Waals surface area contributed by atoms with E-state index in [4.69, 9.17) is 4.42 Å². The normalized spacial score (nSPS) is 19.0. The summed E-state index contributed by atoms with van der Waals surface area (Å²) >= 11 is 0. The number of benzene rings is 1. The Hall–Kier alpha value is -2.25. The number of oxazole rings is 1. The summed E-state index contributed by atoms with van der Waals surface area (Å²) in [6.45, 7) is 0.109. The van der Waals surface area contributed by atoms with Gasteiger partial charge < -0.3 is 9.32 Å². The van der Waals surface area contributed by atoms with E-state index < -0.39 is 17.9 Å². The number of hydrogen-bond acceptors (Lipinski definition) is 3. The van der Waals surface area contributed by atoms with Gasteiger partial charge in [-0.2, -0.15) is 13.2 Å². The number of para-hydroxylation sites is 2. The molecule has 2 heterocycles. The van der Waals surface area contributed by atoms with Gasteiger partial charge in [0, 0.05) is 26.1 Å². The number of amides is 1. The summed E-state index contributed by atoms with van der Waals surface area (Å²) in [6.07, 6.45) is -3.92. The van der Waals surface area contributed by atoms with E-state index in [0.717, 1.165) is 0 Å². The molecule has 3 rings (SSSR count). The van der Waals surface area contributed by atoms with Crippen molar-refractivity contribution < 1.29 is 22.4 Å². The number of carbonyl (C=O) groups excluding carboxylic acids is 1. The van der Waals surface area contributed by atoms with Crippen molar-refractivity contribution in [2.24, 2.45) is 5.92 Å². The van der Waals surface area contributed by atoms with E-state index in [1.54, 1.807) is 24.3 Å². The van der Waals surface area contributed by atoms with Crippen LogP contribution in [0.15, 0.2) is 33.5 Å². The maximum atomic E-state index is 12.8. The molecule has 24 heavy (non-hydrogen) atoms. The van der Waals surface area contributed by atoms with E-state index in [-0.39, 0.29) is 31.8 Å². The predicted molar refractivity (Wildman–Crippen MR) is 80.5 cm³/mol. The summed E-state index contributed by atoms with van der Waals surface area (Å²) < 4.78 is 44.9. The third-order valence-electron chi connectivity index (χ3n) is 4.36. The average Bonchev–Trinajstić information content (AvgIpc) is 2.87. The Morgan fingerprint density at radius 3 is 2.79 bits per heavy atom. The summed E-state index contributed by atoms with van der Waals surface area (Å²) in [6, 6.07) is 6.82. The number of fused-ring (bicyclic) bond motifs is 1. The average molecular weight is 342 g/mol. The molecule has 1 aliphatic heterocycles. The standard InChI is InChI=1S/C16H17F3N2O3/c17-16(18,19)11-4-3-8-20(10-11)14(22)7-9-21-12-5-1-2-6-13(12)24-15(21)23/h1-2,5-6,11H,3-4,7-10H2. The Labute approximate surface area is 135 Å². The highest BCUT2D eigenvalue weighted by Gasteiger charge is 2.42. The van der Waals surface area contributed by atoms with E-state index >= 15 is 0 Å². The predicted octanol–water partition coefficient (Wildman–Crippen LogP) is 2.79. The molecule has 0 N–H and O–H groups in total. The molecule has 1 saturated heterocycles. The Bertz CT molecular complexity index is 794. The van der Waals surface area contributed by atoms with Gasteiger partial charge in [0.25, 0.3) is 0 Å². The zero-order valence-corrected chi connectivity index (χ0v) is 12.9. The number of likely N-dealkylation sites (tertiary alicyclic amines) is 1. The topological polar surface area (TPSA) is 55.5 Å². The van der Waals surface area contributed by atoms with Crippen LogP contribution < -0.4 is 5.76 Å². The second-order valence-electron chi connectivity index (χ2n) is 5.96. The van der Waals surface area contributed by atoms with Crippen molar-refractivity contribution in [3.05, 3.63) is 34.8 Å². The molecule has 0 radical (unpaired) electrons.